The monoisotopic (exact) mass is 271 g/mol. The highest BCUT2D eigenvalue weighted by molar-refractivity contribution is 14.1. The molecule has 0 aliphatic rings. The number of nitrogens with zero attached hydrogens (tertiary/aromatic N) is 2. The van der Waals surface area contributed by atoms with Crippen LogP contribution in [0.2, 0.25) is 0 Å². The Hall–Kier alpha value is -0.910. The van der Waals surface area contributed by atoms with Crippen LogP contribution in [-0.4, -0.2) is 9.97 Å². The number of halogens is 1. The Bertz CT molecular complexity index is 428. The smallest absolute Gasteiger partial charge is 0.220 e. The number of hydrogen-bond donors (Lipinski definition) is 1. The summed E-state index contributed by atoms with van der Waals surface area (Å²) in [6, 6.07) is 5.94. The molecular weight excluding hydrogens is 265 g/mol. The van der Waals surface area contributed by atoms with Gasteiger partial charge in [-0.2, -0.15) is 0 Å². The van der Waals surface area contributed by atoms with Crippen molar-refractivity contribution in [2.75, 3.05) is 5.73 Å². The lowest BCUT2D eigenvalue weighted by molar-refractivity contribution is 1.23. The second-order valence-electron chi connectivity index (χ2n) is 2.41. The van der Waals surface area contributed by atoms with Crippen molar-refractivity contribution in [3.63, 3.8) is 0 Å². The lowest BCUT2D eigenvalue weighted by Crippen LogP contribution is -1.94. The van der Waals surface area contributed by atoms with E-state index in [1.165, 1.54) is 0 Å². The minimum absolute atomic E-state index is 0.326. The van der Waals surface area contributed by atoms with Gasteiger partial charge in [-0.1, -0.05) is 12.1 Å². The molecule has 0 bridgehead atoms. The molecule has 2 aromatic rings. The predicted octanol–water partition coefficient (Wildman–Crippen LogP) is 1.82. The maximum Gasteiger partial charge on any atom is 0.220 e. The molecule has 1 aromatic heterocycles. The zero-order valence-electron chi connectivity index (χ0n) is 6.16. The van der Waals surface area contributed by atoms with Crippen molar-refractivity contribution >= 4 is 39.4 Å². The van der Waals surface area contributed by atoms with Gasteiger partial charge < -0.3 is 5.73 Å². The molecule has 0 saturated carbocycles. The lowest BCUT2D eigenvalue weighted by Gasteiger charge is -1.98. The van der Waals surface area contributed by atoms with Crippen LogP contribution in [0.3, 0.4) is 0 Å². The van der Waals surface area contributed by atoms with Gasteiger partial charge in [-0.05, 0) is 28.7 Å². The molecule has 0 aliphatic heterocycles. The van der Waals surface area contributed by atoms with Crippen LogP contribution in [0.25, 0.3) is 10.9 Å². The predicted molar refractivity (Wildman–Crippen MR) is 56.7 cm³/mol. The number of rotatable bonds is 0. The molecule has 0 fully saturated rings. The normalized spacial score (nSPS) is 10.4. The molecule has 4 heteroatoms. The van der Waals surface area contributed by atoms with Crippen molar-refractivity contribution in [1.29, 1.82) is 0 Å². The maximum absolute atomic E-state index is 5.47. The summed E-state index contributed by atoms with van der Waals surface area (Å²) in [4.78, 5) is 8.05. The number of para-hydroxylation sites is 1. The van der Waals surface area contributed by atoms with E-state index >= 15 is 0 Å². The van der Waals surface area contributed by atoms with E-state index in [1.807, 2.05) is 18.2 Å². The molecular formula is C8H6IN3. The zero-order chi connectivity index (χ0) is 8.55. The quantitative estimate of drug-likeness (QED) is 0.743. The second kappa shape index (κ2) is 2.85. The molecule has 60 valence electrons. The second-order valence-corrected chi connectivity index (χ2v) is 3.57. The first-order valence-electron chi connectivity index (χ1n) is 3.44. The summed E-state index contributed by atoms with van der Waals surface area (Å²) in [7, 11) is 0. The van der Waals surface area contributed by atoms with Crippen LogP contribution >= 0.6 is 22.6 Å². The molecule has 0 unspecified atom stereocenters. The van der Waals surface area contributed by atoms with E-state index in [1.54, 1.807) is 6.20 Å². The number of nitrogen functional groups attached to an aromatic ring is 1. The van der Waals surface area contributed by atoms with E-state index in [4.69, 9.17) is 5.73 Å². The summed E-state index contributed by atoms with van der Waals surface area (Å²) < 4.78 is 1.10. The molecule has 0 amide bonds. The number of fused-ring (bicyclic) bond motifs is 1. The molecule has 0 radical (unpaired) electrons. The van der Waals surface area contributed by atoms with Crippen molar-refractivity contribution in [1.82, 2.24) is 9.97 Å². The minimum Gasteiger partial charge on any atom is -0.368 e. The van der Waals surface area contributed by atoms with E-state index in [-0.39, 0.29) is 0 Å². The Morgan fingerprint density at radius 2 is 2.17 bits per heavy atom. The van der Waals surface area contributed by atoms with Crippen LogP contribution < -0.4 is 5.73 Å². The Morgan fingerprint density at radius 1 is 1.33 bits per heavy atom. The summed E-state index contributed by atoms with van der Waals surface area (Å²) in [6.45, 7) is 0. The Balaban J connectivity index is 2.88. The van der Waals surface area contributed by atoms with E-state index in [0.717, 1.165) is 14.5 Å². The lowest BCUT2D eigenvalue weighted by atomic mass is 10.2. The van der Waals surface area contributed by atoms with Crippen LogP contribution in [-0.2, 0) is 0 Å². The molecule has 0 spiro atoms. The molecule has 0 saturated heterocycles. The van der Waals surface area contributed by atoms with Gasteiger partial charge in [0.05, 0.1) is 5.52 Å². The summed E-state index contributed by atoms with van der Waals surface area (Å²) in [5, 5.41) is 1.02. The zero-order valence-corrected chi connectivity index (χ0v) is 8.32. The van der Waals surface area contributed by atoms with Gasteiger partial charge in [0.15, 0.2) is 0 Å². The minimum atomic E-state index is 0.326. The SMILES string of the molecule is Nc1ncc2cccc(I)c2n1. The van der Waals surface area contributed by atoms with Crippen molar-refractivity contribution < 1.29 is 0 Å². The topological polar surface area (TPSA) is 51.8 Å². The highest BCUT2D eigenvalue weighted by atomic mass is 127. The largest absolute Gasteiger partial charge is 0.368 e. The standard InChI is InChI=1S/C8H6IN3/c9-6-3-1-2-5-4-11-8(10)12-7(5)6/h1-4H,(H2,10,11,12). The number of nitrogens with two attached hydrogens (primary N) is 1. The van der Waals surface area contributed by atoms with Crippen LogP contribution in [0.4, 0.5) is 5.95 Å². The third-order valence-corrected chi connectivity index (χ3v) is 2.45. The Morgan fingerprint density at radius 3 is 3.00 bits per heavy atom. The highest BCUT2D eigenvalue weighted by Crippen LogP contribution is 2.17. The van der Waals surface area contributed by atoms with Gasteiger partial charge in [0.2, 0.25) is 5.95 Å². The van der Waals surface area contributed by atoms with E-state index in [9.17, 15) is 0 Å². The van der Waals surface area contributed by atoms with E-state index < -0.39 is 0 Å². The van der Waals surface area contributed by atoms with Crippen LogP contribution in [0.15, 0.2) is 24.4 Å². The molecule has 2 N–H and O–H groups in total. The van der Waals surface area contributed by atoms with Crippen molar-refractivity contribution in [2.45, 2.75) is 0 Å². The molecule has 0 aliphatic carbocycles. The number of benzene rings is 1. The summed E-state index contributed by atoms with van der Waals surface area (Å²) >= 11 is 2.23. The first-order chi connectivity index (χ1) is 5.77. The Kier molecular flexibility index (Phi) is 1.84. The van der Waals surface area contributed by atoms with Crippen LogP contribution in [0.1, 0.15) is 0 Å². The van der Waals surface area contributed by atoms with Gasteiger partial charge in [-0.25, -0.2) is 9.97 Å². The molecule has 3 nitrogen and oxygen atoms in total. The molecule has 12 heavy (non-hydrogen) atoms. The van der Waals surface area contributed by atoms with Crippen LogP contribution in [0.5, 0.6) is 0 Å². The van der Waals surface area contributed by atoms with Crippen molar-refractivity contribution in [2.24, 2.45) is 0 Å². The fraction of sp³-hybridized carbons (Fsp3) is 0. The van der Waals surface area contributed by atoms with Gasteiger partial charge in [0, 0.05) is 15.2 Å². The van der Waals surface area contributed by atoms with Gasteiger partial charge >= 0.3 is 0 Å². The van der Waals surface area contributed by atoms with Crippen molar-refractivity contribution in [3.05, 3.63) is 28.0 Å². The third-order valence-electron chi connectivity index (χ3n) is 1.58. The van der Waals surface area contributed by atoms with Gasteiger partial charge in [-0.3, -0.25) is 0 Å². The summed E-state index contributed by atoms with van der Waals surface area (Å²) in [6.07, 6.45) is 1.74. The van der Waals surface area contributed by atoms with Gasteiger partial charge in [0.1, 0.15) is 0 Å². The summed E-state index contributed by atoms with van der Waals surface area (Å²) in [5.74, 6) is 0.326. The molecule has 2 rings (SSSR count). The average Bonchev–Trinajstić information content (AvgIpc) is 2.07. The first kappa shape index (κ1) is 7.72. The number of anilines is 1. The highest BCUT2D eigenvalue weighted by Gasteiger charge is 1.99. The van der Waals surface area contributed by atoms with Gasteiger partial charge in [0.25, 0.3) is 0 Å². The fourth-order valence-electron chi connectivity index (χ4n) is 1.03. The van der Waals surface area contributed by atoms with E-state index in [0.29, 0.717) is 5.95 Å². The number of aromatic nitrogens is 2. The molecule has 1 heterocycles. The number of hydrogen-bond acceptors (Lipinski definition) is 3. The molecule has 0 atom stereocenters. The first-order valence-corrected chi connectivity index (χ1v) is 4.52. The fourth-order valence-corrected chi connectivity index (χ4v) is 1.67. The molecule has 1 aromatic carbocycles. The average molecular weight is 271 g/mol. The maximum atomic E-state index is 5.47. The van der Waals surface area contributed by atoms with E-state index in [2.05, 4.69) is 32.6 Å². The van der Waals surface area contributed by atoms with Gasteiger partial charge in [-0.15, -0.1) is 0 Å². The summed E-state index contributed by atoms with van der Waals surface area (Å²) in [5.41, 5.74) is 6.39. The van der Waals surface area contributed by atoms with Crippen LogP contribution in [0, 0.1) is 3.57 Å². The Labute approximate surface area is 83.2 Å². The van der Waals surface area contributed by atoms with Crippen molar-refractivity contribution in [3.8, 4) is 0 Å². The third kappa shape index (κ3) is 1.22.